The summed E-state index contributed by atoms with van der Waals surface area (Å²) in [6, 6.07) is 13.7. The van der Waals surface area contributed by atoms with Crippen LogP contribution in [-0.4, -0.2) is 19.3 Å². The number of aryl methyl sites for hydroxylation is 1. The highest BCUT2D eigenvalue weighted by Gasteiger charge is 2.14. The van der Waals surface area contributed by atoms with Crippen molar-refractivity contribution in [1.29, 1.82) is 0 Å². The molecule has 0 saturated carbocycles. The Hall–Kier alpha value is -2.95. The van der Waals surface area contributed by atoms with Crippen molar-refractivity contribution in [3.63, 3.8) is 0 Å². The molecule has 3 heterocycles. The van der Waals surface area contributed by atoms with Crippen molar-refractivity contribution < 1.29 is 0 Å². The molecular weight excluding hydrogens is 276 g/mol. The summed E-state index contributed by atoms with van der Waals surface area (Å²) in [7, 11) is 1.87. The fourth-order valence-corrected chi connectivity index (χ4v) is 2.85. The Labute approximate surface area is 126 Å². The van der Waals surface area contributed by atoms with Crippen LogP contribution in [0.4, 0.5) is 0 Å². The molecule has 4 rings (SSSR count). The molecule has 0 amide bonds. The Balaban J connectivity index is 1.96. The van der Waals surface area contributed by atoms with Crippen molar-refractivity contribution in [1.82, 2.24) is 19.3 Å². The van der Waals surface area contributed by atoms with Gasteiger partial charge < -0.3 is 4.57 Å². The summed E-state index contributed by atoms with van der Waals surface area (Å²) in [4.78, 5) is 17.1. The lowest BCUT2D eigenvalue weighted by atomic mass is 10.2. The molecule has 0 fully saturated rings. The minimum absolute atomic E-state index is 0.0955. The first-order valence-corrected chi connectivity index (χ1v) is 7.09. The van der Waals surface area contributed by atoms with E-state index in [2.05, 4.69) is 10.1 Å². The van der Waals surface area contributed by atoms with Gasteiger partial charge in [0.1, 0.15) is 11.2 Å². The van der Waals surface area contributed by atoms with E-state index in [9.17, 15) is 4.79 Å². The molecule has 4 aromatic rings. The molecule has 0 saturated heterocycles. The molecule has 5 nitrogen and oxygen atoms in total. The van der Waals surface area contributed by atoms with Gasteiger partial charge in [-0.3, -0.25) is 4.79 Å². The highest BCUT2D eigenvalue weighted by molar-refractivity contribution is 6.05. The SMILES string of the molecule is Cn1c2ncccc2c2cnn(Cc3ccccc3)c(=O)c21. The number of fused-ring (bicyclic) bond motifs is 3. The van der Waals surface area contributed by atoms with E-state index < -0.39 is 0 Å². The van der Waals surface area contributed by atoms with Gasteiger partial charge in [0, 0.05) is 24.0 Å². The van der Waals surface area contributed by atoms with Gasteiger partial charge in [-0.25, -0.2) is 9.67 Å². The monoisotopic (exact) mass is 290 g/mol. The van der Waals surface area contributed by atoms with Crippen molar-refractivity contribution in [2.24, 2.45) is 7.05 Å². The zero-order valence-electron chi connectivity index (χ0n) is 12.1. The Morgan fingerprint density at radius 3 is 2.68 bits per heavy atom. The molecule has 0 aliphatic carbocycles. The van der Waals surface area contributed by atoms with Gasteiger partial charge in [-0.15, -0.1) is 0 Å². The Morgan fingerprint density at radius 1 is 1.05 bits per heavy atom. The molecule has 108 valence electrons. The van der Waals surface area contributed by atoms with Gasteiger partial charge in [-0.05, 0) is 17.7 Å². The van der Waals surface area contributed by atoms with Crippen LogP contribution >= 0.6 is 0 Å². The number of hydrogen-bond donors (Lipinski definition) is 0. The highest BCUT2D eigenvalue weighted by Crippen LogP contribution is 2.23. The summed E-state index contributed by atoms with van der Waals surface area (Å²) in [5, 5.41) is 6.13. The first-order valence-electron chi connectivity index (χ1n) is 7.09. The average molecular weight is 290 g/mol. The molecule has 0 bridgehead atoms. The second-order valence-corrected chi connectivity index (χ2v) is 5.29. The fourth-order valence-electron chi connectivity index (χ4n) is 2.85. The second kappa shape index (κ2) is 4.80. The summed E-state index contributed by atoms with van der Waals surface area (Å²) in [6.07, 6.45) is 3.49. The number of pyridine rings is 1. The lowest BCUT2D eigenvalue weighted by molar-refractivity contribution is 0.644. The van der Waals surface area contributed by atoms with Gasteiger partial charge in [-0.1, -0.05) is 30.3 Å². The van der Waals surface area contributed by atoms with Crippen LogP contribution in [0.5, 0.6) is 0 Å². The van der Waals surface area contributed by atoms with Gasteiger partial charge in [0.25, 0.3) is 5.56 Å². The van der Waals surface area contributed by atoms with E-state index in [0.29, 0.717) is 12.1 Å². The normalized spacial score (nSPS) is 11.3. The van der Waals surface area contributed by atoms with Crippen LogP contribution in [-0.2, 0) is 13.6 Å². The maximum Gasteiger partial charge on any atom is 0.291 e. The number of nitrogens with zero attached hydrogens (tertiary/aromatic N) is 4. The quantitative estimate of drug-likeness (QED) is 0.569. The summed E-state index contributed by atoms with van der Waals surface area (Å²) in [5.74, 6) is 0. The predicted molar refractivity (Wildman–Crippen MR) is 85.8 cm³/mol. The molecule has 0 atom stereocenters. The van der Waals surface area contributed by atoms with Crippen LogP contribution < -0.4 is 5.56 Å². The lowest BCUT2D eigenvalue weighted by Gasteiger charge is -2.05. The van der Waals surface area contributed by atoms with Crippen molar-refractivity contribution in [2.75, 3.05) is 0 Å². The topological polar surface area (TPSA) is 52.7 Å². The molecule has 0 spiro atoms. The van der Waals surface area contributed by atoms with Gasteiger partial charge in [0.15, 0.2) is 0 Å². The summed E-state index contributed by atoms with van der Waals surface area (Å²) >= 11 is 0. The maximum absolute atomic E-state index is 12.8. The Morgan fingerprint density at radius 2 is 1.86 bits per heavy atom. The molecular formula is C17H14N4O. The molecule has 5 heteroatoms. The molecule has 0 N–H and O–H groups in total. The third-order valence-electron chi connectivity index (χ3n) is 3.92. The summed E-state index contributed by atoms with van der Waals surface area (Å²) < 4.78 is 3.34. The molecule has 22 heavy (non-hydrogen) atoms. The number of aromatic nitrogens is 4. The van der Waals surface area contributed by atoms with Gasteiger partial charge >= 0.3 is 0 Å². The number of rotatable bonds is 2. The maximum atomic E-state index is 12.8. The average Bonchev–Trinajstić information content (AvgIpc) is 2.85. The first kappa shape index (κ1) is 12.8. The predicted octanol–water partition coefficient (Wildman–Crippen LogP) is 2.33. The van der Waals surface area contributed by atoms with E-state index in [-0.39, 0.29) is 5.56 Å². The molecule has 0 aliphatic rings. The molecule has 0 radical (unpaired) electrons. The summed E-state index contributed by atoms with van der Waals surface area (Å²) in [6.45, 7) is 0.463. The third kappa shape index (κ3) is 1.83. The van der Waals surface area contributed by atoms with E-state index in [1.54, 1.807) is 12.4 Å². The van der Waals surface area contributed by atoms with Crippen LogP contribution in [0.2, 0.25) is 0 Å². The van der Waals surface area contributed by atoms with Gasteiger partial charge in [0.05, 0.1) is 12.7 Å². The fraction of sp³-hybridized carbons (Fsp3) is 0.118. The van der Waals surface area contributed by atoms with Crippen LogP contribution in [0.3, 0.4) is 0 Å². The zero-order chi connectivity index (χ0) is 15.1. The van der Waals surface area contributed by atoms with E-state index in [1.165, 1.54) is 4.68 Å². The van der Waals surface area contributed by atoms with Crippen molar-refractivity contribution >= 4 is 21.9 Å². The van der Waals surface area contributed by atoms with Crippen LogP contribution in [0.25, 0.3) is 21.9 Å². The third-order valence-corrected chi connectivity index (χ3v) is 3.92. The molecule has 0 aliphatic heterocycles. The van der Waals surface area contributed by atoms with Crippen molar-refractivity contribution in [3.05, 3.63) is 70.8 Å². The number of benzene rings is 1. The van der Waals surface area contributed by atoms with Crippen LogP contribution in [0, 0.1) is 0 Å². The molecule has 0 unspecified atom stereocenters. The molecule has 3 aromatic heterocycles. The Bertz CT molecular complexity index is 1030. The number of hydrogen-bond acceptors (Lipinski definition) is 3. The standard InChI is InChI=1S/C17H14N4O/c1-20-15-14(13-8-5-9-18-16(13)20)10-19-21(17(15)22)11-12-6-3-2-4-7-12/h2-10H,11H2,1H3. The minimum atomic E-state index is -0.0955. The Kier molecular flexibility index (Phi) is 2.79. The smallest absolute Gasteiger partial charge is 0.291 e. The van der Waals surface area contributed by atoms with E-state index in [4.69, 9.17) is 0 Å². The zero-order valence-corrected chi connectivity index (χ0v) is 12.1. The summed E-state index contributed by atoms with van der Waals surface area (Å²) in [5.41, 5.74) is 2.39. The van der Waals surface area contributed by atoms with E-state index in [1.807, 2.05) is 54.1 Å². The lowest BCUT2D eigenvalue weighted by Crippen LogP contribution is -2.24. The van der Waals surface area contributed by atoms with Crippen LogP contribution in [0.15, 0.2) is 59.7 Å². The largest absolute Gasteiger partial charge is 0.324 e. The van der Waals surface area contributed by atoms with Gasteiger partial charge in [0.2, 0.25) is 0 Å². The molecule has 1 aromatic carbocycles. The minimum Gasteiger partial charge on any atom is -0.324 e. The highest BCUT2D eigenvalue weighted by atomic mass is 16.1. The first-order chi connectivity index (χ1) is 10.8. The van der Waals surface area contributed by atoms with E-state index >= 15 is 0 Å². The van der Waals surface area contributed by atoms with E-state index in [0.717, 1.165) is 22.0 Å². The van der Waals surface area contributed by atoms with Crippen LogP contribution in [0.1, 0.15) is 5.56 Å². The second-order valence-electron chi connectivity index (χ2n) is 5.29. The van der Waals surface area contributed by atoms with Crippen molar-refractivity contribution in [2.45, 2.75) is 6.54 Å². The van der Waals surface area contributed by atoms with Crippen molar-refractivity contribution in [3.8, 4) is 0 Å². The van der Waals surface area contributed by atoms with Gasteiger partial charge in [-0.2, -0.15) is 5.10 Å².